The summed E-state index contributed by atoms with van der Waals surface area (Å²) in [4.78, 5) is 10.8. The topological polar surface area (TPSA) is 26.3 Å². The summed E-state index contributed by atoms with van der Waals surface area (Å²) in [5, 5.41) is -0.142. The van der Waals surface area contributed by atoms with Gasteiger partial charge in [-0.2, -0.15) is 0 Å². The molecule has 0 heterocycles. The zero-order valence-corrected chi connectivity index (χ0v) is 9.75. The lowest BCUT2D eigenvalue weighted by atomic mass is 10.2. The molecule has 0 aromatic heterocycles. The van der Waals surface area contributed by atoms with E-state index in [4.69, 9.17) is 16.3 Å². The van der Waals surface area contributed by atoms with Crippen LogP contribution in [0.25, 0.3) is 0 Å². The van der Waals surface area contributed by atoms with Crippen LogP contribution in [-0.4, -0.2) is 6.29 Å². The van der Waals surface area contributed by atoms with Gasteiger partial charge in [-0.15, -0.1) is 0 Å². The van der Waals surface area contributed by atoms with E-state index in [0.717, 1.165) is 12.1 Å². The van der Waals surface area contributed by atoms with Gasteiger partial charge in [-0.25, -0.2) is 8.78 Å². The first-order valence-corrected chi connectivity index (χ1v) is 5.36. The number of carbonyl (C=O) groups excluding carboxylic acids is 1. The van der Waals surface area contributed by atoms with Crippen molar-refractivity contribution in [1.29, 1.82) is 0 Å². The van der Waals surface area contributed by atoms with Crippen molar-refractivity contribution in [2.45, 2.75) is 0 Å². The Hall–Kier alpha value is -1.94. The highest BCUT2D eigenvalue weighted by Crippen LogP contribution is 2.29. The van der Waals surface area contributed by atoms with Crippen molar-refractivity contribution >= 4 is 17.9 Å². The number of halogens is 3. The molecule has 0 amide bonds. The monoisotopic (exact) mass is 268 g/mol. The lowest BCUT2D eigenvalue weighted by Gasteiger charge is -2.09. The van der Waals surface area contributed by atoms with Crippen LogP contribution >= 0.6 is 11.6 Å². The Morgan fingerprint density at radius 2 is 1.89 bits per heavy atom. The average molecular weight is 269 g/mol. The van der Waals surface area contributed by atoms with Crippen LogP contribution in [0, 0.1) is 11.6 Å². The highest BCUT2D eigenvalue weighted by molar-refractivity contribution is 6.30. The standard InChI is InChI=1S/C13H7ClF2O2/c14-10-6-9(4-5-11(10)15)18-13-8(7-17)2-1-3-12(13)16/h1-7H. The van der Waals surface area contributed by atoms with Crippen molar-refractivity contribution in [1.82, 2.24) is 0 Å². The molecule has 0 fully saturated rings. The Bertz CT molecular complexity index is 600. The number of hydrogen-bond donors (Lipinski definition) is 0. The molecule has 2 aromatic carbocycles. The first-order valence-electron chi connectivity index (χ1n) is 4.98. The smallest absolute Gasteiger partial charge is 0.173 e. The van der Waals surface area contributed by atoms with E-state index in [9.17, 15) is 13.6 Å². The number of ether oxygens (including phenoxy) is 1. The van der Waals surface area contributed by atoms with Gasteiger partial charge < -0.3 is 4.74 Å². The molecule has 0 aliphatic carbocycles. The lowest BCUT2D eigenvalue weighted by Crippen LogP contribution is -1.94. The molecule has 2 aromatic rings. The van der Waals surface area contributed by atoms with Crippen LogP contribution in [0.2, 0.25) is 5.02 Å². The molecule has 0 aliphatic rings. The van der Waals surface area contributed by atoms with Crippen molar-refractivity contribution in [3.05, 3.63) is 58.6 Å². The molecule has 92 valence electrons. The molecule has 2 nitrogen and oxygen atoms in total. The van der Waals surface area contributed by atoms with Crippen LogP contribution in [0.15, 0.2) is 36.4 Å². The predicted octanol–water partition coefficient (Wildman–Crippen LogP) is 4.22. The number of rotatable bonds is 3. The molecular weight excluding hydrogens is 262 g/mol. The molecule has 5 heteroatoms. The molecule has 0 aliphatic heterocycles. The summed E-state index contributed by atoms with van der Waals surface area (Å²) in [6.45, 7) is 0. The van der Waals surface area contributed by atoms with Crippen molar-refractivity contribution < 1.29 is 18.3 Å². The lowest BCUT2D eigenvalue weighted by molar-refractivity contribution is 0.112. The Kier molecular flexibility index (Phi) is 3.58. The molecule has 0 saturated heterocycles. The summed E-state index contributed by atoms with van der Waals surface area (Å²) in [6.07, 6.45) is 0.476. The van der Waals surface area contributed by atoms with Crippen LogP contribution < -0.4 is 4.74 Å². The summed E-state index contributed by atoms with van der Waals surface area (Å²) >= 11 is 5.58. The molecular formula is C13H7ClF2O2. The van der Waals surface area contributed by atoms with Gasteiger partial charge in [0.05, 0.1) is 10.6 Å². The first-order chi connectivity index (χ1) is 8.61. The summed E-state index contributed by atoms with van der Waals surface area (Å²) in [5.41, 5.74) is 0.0652. The second-order valence-electron chi connectivity index (χ2n) is 3.45. The van der Waals surface area contributed by atoms with E-state index >= 15 is 0 Å². The van der Waals surface area contributed by atoms with Crippen LogP contribution in [0.5, 0.6) is 11.5 Å². The second-order valence-corrected chi connectivity index (χ2v) is 3.86. The van der Waals surface area contributed by atoms with Gasteiger partial charge in [0.25, 0.3) is 0 Å². The van der Waals surface area contributed by atoms with E-state index in [2.05, 4.69) is 0 Å². The average Bonchev–Trinajstić information content (AvgIpc) is 2.36. The predicted molar refractivity (Wildman–Crippen MR) is 63.3 cm³/mol. The number of hydrogen-bond acceptors (Lipinski definition) is 2. The third-order valence-corrected chi connectivity index (χ3v) is 2.53. The zero-order valence-electron chi connectivity index (χ0n) is 8.99. The van der Waals surface area contributed by atoms with Gasteiger partial charge in [-0.3, -0.25) is 4.79 Å². The zero-order chi connectivity index (χ0) is 13.1. The van der Waals surface area contributed by atoms with Crippen LogP contribution in [0.4, 0.5) is 8.78 Å². The van der Waals surface area contributed by atoms with Crippen molar-refractivity contribution in [3.8, 4) is 11.5 Å². The Labute approximate surface area is 107 Å². The molecule has 0 atom stereocenters. The van der Waals surface area contributed by atoms with Gasteiger partial charge in [0.1, 0.15) is 11.6 Å². The second kappa shape index (κ2) is 5.14. The Morgan fingerprint density at radius 1 is 1.11 bits per heavy atom. The maximum atomic E-state index is 13.5. The Balaban J connectivity index is 2.39. The number of para-hydroxylation sites is 1. The van der Waals surface area contributed by atoms with Gasteiger partial charge in [-0.05, 0) is 24.3 Å². The summed E-state index contributed by atoms with van der Waals surface area (Å²) < 4.78 is 31.7. The van der Waals surface area contributed by atoms with Crippen molar-refractivity contribution in [2.24, 2.45) is 0 Å². The van der Waals surface area contributed by atoms with Crippen molar-refractivity contribution in [2.75, 3.05) is 0 Å². The SMILES string of the molecule is O=Cc1cccc(F)c1Oc1ccc(F)c(Cl)c1. The maximum Gasteiger partial charge on any atom is 0.173 e. The van der Waals surface area contributed by atoms with Gasteiger partial charge >= 0.3 is 0 Å². The molecule has 0 unspecified atom stereocenters. The number of aldehydes is 1. The van der Waals surface area contributed by atoms with Crippen molar-refractivity contribution in [3.63, 3.8) is 0 Å². The largest absolute Gasteiger partial charge is 0.453 e. The molecule has 2 rings (SSSR count). The third-order valence-electron chi connectivity index (χ3n) is 2.24. The summed E-state index contributed by atoms with van der Waals surface area (Å²) in [5.74, 6) is -1.35. The highest BCUT2D eigenvalue weighted by atomic mass is 35.5. The molecule has 0 saturated carbocycles. The quantitative estimate of drug-likeness (QED) is 0.779. The Morgan fingerprint density at radius 3 is 2.56 bits per heavy atom. The van der Waals surface area contributed by atoms with Gasteiger partial charge in [-0.1, -0.05) is 17.7 Å². The van der Waals surface area contributed by atoms with Gasteiger partial charge in [0.15, 0.2) is 17.9 Å². The van der Waals surface area contributed by atoms with Crippen LogP contribution in [0.3, 0.4) is 0 Å². The van der Waals surface area contributed by atoms with E-state index < -0.39 is 11.6 Å². The molecule has 0 radical (unpaired) electrons. The maximum absolute atomic E-state index is 13.5. The first kappa shape index (κ1) is 12.5. The molecule has 18 heavy (non-hydrogen) atoms. The van der Waals surface area contributed by atoms with E-state index in [0.29, 0.717) is 6.29 Å². The fourth-order valence-corrected chi connectivity index (χ4v) is 1.55. The normalized spacial score (nSPS) is 10.2. The third kappa shape index (κ3) is 2.49. The van der Waals surface area contributed by atoms with E-state index in [-0.39, 0.29) is 22.1 Å². The van der Waals surface area contributed by atoms with E-state index in [1.807, 2.05) is 0 Å². The summed E-state index contributed by atoms with van der Waals surface area (Å²) in [7, 11) is 0. The van der Waals surface area contributed by atoms with Crippen LogP contribution in [0.1, 0.15) is 10.4 Å². The molecule has 0 N–H and O–H groups in total. The minimum absolute atomic E-state index is 0.0652. The van der Waals surface area contributed by atoms with E-state index in [1.165, 1.54) is 24.3 Å². The minimum Gasteiger partial charge on any atom is -0.453 e. The highest BCUT2D eigenvalue weighted by Gasteiger charge is 2.11. The fourth-order valence-electron chi connectivity index (χ4n) is 1.38. The fraction of sp³-hybridized carbons (Fsp3) is 0. The van der Waals surface area contributed by atoms with Gasteiger partial charge in [0, 0.05) is 6.07 Å². The van der Waals surface area contributed by atoms with Gasteiger partial charge in [0.2, 0.25) is 0 Å². The summed E-state index contributed by atoms with van der Waals surface area (Å²) in [6, 6.07) is 7.56. The minimum atomic E-state index is -0.681. The van der Waals surface area contributed by atoms with E-state index in [1.54, 1.807) is 0 Å². The molecule has 0 spiro atoms. The number of benzene rings is 2. The molecule has 0 bridgehead atoms. The van der Waals surface area contributed by atoms with Crippen LogP contribution in [-0.2, 0) is 0 Å². The number of carbonyl (C=O) groups is 1.